The number of hydrogen-bond donors (Lipinski definition) is 1. The Labute approximate surface area is 86.5 Å². The standard InChI is InChI=1S/C13H19N/c1-2-12(13-9-6-10-14-13)11-7-4-3-5-8-11/h3-5,7-8,12-14H,2,6,9-10H2,1H3/p+1/t12-,13-/m0/s1. The Hall–Kier alpha value is -0.820. The van der Waals surface area contributed by atoms with Crippen LogP contribution in [0.4, 0.5) is 0 Å². The van der Waals surface area contributed by atoms with E-state index < -0.39 is 0 Å². The second-order valence-corrected chi connectivity index (χ2v) is 4.26. The second-order valence-electron chi connectivity index (χ2n) is 4.26. The van der Waals surface area contributed by atoms with Crippen molar-refractivity contribution in [2.75, 3.05) is 6.54 Å². The van der Waals surface area contributed by atoms with Crippen LogP contribution in [0.3, 0.4) is 0 Å². The molecule has 1 heterocycles. The molecule has 1 saturated heterocycles. The molecule has 0 unspecified atom stereocenters. The zero-order chi connectivity index (χ0) is 9.80. The first-order valence-corrected chi connectivity index (χ1v) is 5.80. The molecule has 0 amide bonds. The van der Waals surface area contributed by atoms with Gasteiger partial charge in [-0.3, -0.25) is 0 Å². The van der Waals surface area contributed by atoms with Crippen molar-refractivity contribution >= 4 is 0 Å². The molecule has 1 aromatic rings. The van der Waals surface area contributed by atoms with E-state index in [0.717, 1.165) is 12.0 Å². The Morgan fingerprint density at radius 1 is 1.36 bits per heavy atom. The molecule has 76 valence electrons. The number of hydrogen-bond acceptors (Lipinski definition) is 0. The monoisotopic (exact) mass is 190 g/mol. The van der Waals surface area contributed by atoms with Crippen LogP contribution >= 0.6 is 0 Å². The maximum Gasteiger partial charge on any atom is 0.0930 e. The molecule has 2 atom stereocenters. The zero-order valence-corrected chi connectivity index (χ0v) is 8.95. The Morgan fingerprint density at radius 3 is 2.71 bits per heavy atom. The lowest BCUT2D eigenvalue weighted by Crippen LogP contribution is -2.87. The van der Waals surface area contributed by atoms with Crippen molar-refractivity contribution < 1.29 is 5.32 Å². The van der Waals surface area contributed by atoms with E-state index in [4.69, 9.17) is 0 Å². The van der Waals surface area contributed by atoms with Gasteiger partial charge in [-0.2, -0.15) is 0 Å². The van der Waals surface area contributed by atoms with E-state index >= 15 is 0 Å². The van der Waals surface area contributed by atoms with Crippen molar-refractivity contribution in [3.63, 3.8) is 0 Å². The molecule has 1 nitrogen and oxygen atoms in total. The Morgan fingerprint density at radius 2 is 2.14 bits per heavy atom. The summed E-state index contributed by atoms with van der Waals surface area (Å²) in [6.07, 6.45) is 4.06. The highest BCUT2D eigenvalue weighted by Gasteiger charge is 2.27. The van der Waals surface area contributed by atoms with Gasteiger partial charge < -0.3 is 5.32 Å². The van der Waals surface area contributed by atoms with E-state index in [0.29, 0.717) is 0 Å². The molecule has 1 aromatic carbocycles. The van der Waals surface area contributed by atoms with Gasteiger partial charge in [-0.25, -0.2) is 0 Å². The Kier molecular flexibility index (Phi) is 3.20. The lowest BCUT2D eigenvalue weighted by atomic mass is 9.88. The SMILES string of the molecule is CC[C@@H](c1ccccc1)[C@@H]1CCC[NH2+]1. The highest BCUT2D eigenvalue weighted by Crippen LogP contribution is 2.24. The van der Waals surface area contributed by atoms with Crippen molar-refractivity contribution in [1.29, 1.82) is 0 Å². The molecular formula is C13H20N+. The van der Waals surface area contributed by atoms with Gasteiger partial charge in [-0.15, -0.1) is 0 Å². The summed E-state index contributed by atoms with van der Waals surface area (Å²) >= 11 is 0. The third kappa shape index (κ3) is 1.98. The number of benzene rings is 1. The van der Waals surface area contributed by atoms with E-state index in [-0.39, 0.29) is 0 Å². The van der Waals surface area contributed by atoms with Gasteiger partial charge in [0, 0.05) is 18.8 Å². The summed E-state index contributed by atoms with van der Waals surface area (Å²) in [5.41, 5.74) is 1.53. The molecule has 2 N–H and O–H groups in total. The summed E-state index contributed by atoms with van der Waals surface area (Å²) < 4.78 is 0. The molecule has 0 radical (unpaired) electrons. The summed E-state index contributed by atoms with van der Waals surface area (Å²) in [5.74, 6) is 0.763. The fourth-order valence-electron chi connectivity index (χ4n) is 2.65. The highest BCUT2D eigenvalue weighted by atomic mass is 14.9. The van der Waals surface area contributed by atoms with Gasteiger partial charge in [-0.05, 0) is 12.0 Å². The third-order valence-corrected chi connectivity index (χ3v) is 3.40. The first kappa shape index (κ1) is 9.72. The third-order valence-electron chi connectivity index (χ3n) is 3.40. The minimum atomic E-state index is 0.763. The normalized spacial score (nSPS) is 23.6. The number of rotatable bonds is 3. The van der Waals surface area contributed by atoms with Crippen LogP contribution in [-0.2, 0) is 0 Å². The zero-order valence-electron chi connectivity index (χ0n) is 8.95. The van der Waals surface area contributed by atoms with E-state index in [1.54, 1.807) is 0 Å². The maximum absolute atomic E-state index is 2.53. The molecule has 1 fully saturated rings. The fraction of sp³-hybridized carbons (Fsp3) is 0.538. The summed E-state index contributed by atoms with van der Waals surface area (Å²) in [5, 5.41) is 2.53. The van der Waals surface area contributed by atoms with Gasteiger partial charge in [0.05, 0.1) is 12.6 Å². The van der Waals surface area contributed by atoms with Crippen LogP contribution in [0.5, 0.6) is 0 Å². The van der Waals surface area contributed by atoms with Gasteiger partial charge in [0.15, 0.2) is 0 Å². The number of quaternary nitrogens is 1. The average Bonchev–Trinajstić information content (AvgIpc) is 2.74. The molecule has 0 saturated carbocycles. The summed E-state index contributed by atoms with van der Waals surface area (Å²) in [4.78, 5) is 0. The Bertz CT molecular complexity index is 262. The van der Waals surface area contributed by atoms with E-state index in [1.165, 1.54) is 31.4 Å². The molecule has 14 heavy (non-hydrogen) atoms. The lowest BCUT2D eigenvalue weighted by molar-refractivity contribution is -0.672. The molecule has 1 aliphatic rings. The number of nitrogens with two attached hydrogens (primary N) is 1. The predicted octanol–water partition coefficient (Wildman–Crippen LogP) is 1.91. The van der Waals surface area contributed by atoms with Gasteiger partial charge in [0.25, 0.3) is 0 Å². The quantitative estimate of drug-likeness (QED) is 0.750. The van der Waals surface area contributed by atoms with E-state index in [9.17, 15) is 0 Å². The van der Waals surface area contributed by atoms with Crippen LogP contribution in [0.2, 0.25) is 0 Å². The fourth-order valence-corrected chi connectivity index (χ4v) is 2.65. The van der Waals surface area contributed by atoms with Crippen LogP contribution in [0.15, 0.2) is 30.3 Å². The molecule has 0 aliphatic carbocycles. The summed E-state index contributed by atoms with van der Waals surface area (Å²) in [6, 6.07) is 11.8. The van der Waals surface area contributed by atoms with E-state index in [1.807, 2.05) is 0 Å². The van der Waals surface area contributed by atoms with Crippen LogP contribution < -0.4 is 5.32 Å². The highest BCUT2D eigenvalue weighted by molar-refractivity contribution is 5.20. The van der Waals surface area contributed by atoms with E-state index in [2.05, 4.69) is 42.6 Å². The minimum Gasteiger partial charge on any atom is -0.343 e. The van der Waals surface area contributed by atoms with Crippen LogP contribution in [0.1, 0.15) is 37.7 Å². The second kappa shape index (κ2) is 4.61. The predicted molar refractivity (Wildman–Crippen MR) is 59.3 cm³/mol. The first-order chi connectivity index (χ1) is 6.92. The van der Waals surface area contributed by atoms with Crippen LogP contribution in [0.25, 0.3) is 0 Å². The molecule has 0 spiro atoms. The summed E-state index contributed by atoms with van der Waals surface area (Å²) in [7, 11) is 0. The molecular weight excluding hydrogens is 170 g/mol. The van der Waals surface area contributed by atoms with Crippen molar-refractivity contribution in [3.05, 3.63) is 35.9 Å². The maximum atomic E-state index is 2.53. The molecule has 1 heteroatoms. The average molecular weight is 190 g/mol. The molecule has 0 aromatic heterocycles. The Balaban J connectivity index is 2.12. The molecule has 2 rings (SSSR count). The van der Waals surface area contributed by atoms with Crippen molar-refractivity contribution in [3.8, 4) is 0 Å². The van der Waals surface area contributed by atoms with Crippen LogP contribution in [0, 0.1) is 0 Å². The molecule has 0 bridgehead atoms. The van der Waals surface area contributed by atoms with Crippen molar-refractivity contribution in [1.82, 2.24) is 0 Å². The summed E-state index contributed by atoms with van der Waals surface area (Å²) in [6.45, 7) is 3.64. The molecule has 1 aliphatic heterocycles. The lowest BCUT2D eigenvalue weighted by Gasteiger charge is -2.19. The minimum absolute atomic E-state index is 0.763. The first-order valence-electron chi connectivity index (χ1n) is 5.80. The van der Waals surface area contributed by atoms with Gasteiger partial charge in [-0.1, -0.05) is 37.3 Å². The largest absolute Gasteiger partial charge is 0.343 e. The van der Waals surface area contributed by atoms with Gasteiger partial charge >= 0.3 is 0 Å². The van der Waals surface area contributed by atoms with Gasteiger partial charge in [0.2, 0.25) is 0 Å². The van der Waals surface area contributed by atoms with Crippen LogP contribution in [-0.4, -0.2) is 12.6 Å². The van der Waals surface area contributed by atoms with Gasteiger partial charge in [0.1, 0.15) is 0 Å². The van der Waals surface area contributed by atoms with Crippen molar-refractivity contribution in [2.45, 2.75) is 38.1 Å². The van der Waals surface area contributed by atoms with Crippen molar-refractivity contribution in [2.24, 2.45) is 0 Å². The smallest absolute Gasteiger partial charge is 0.0930 e. The topological polar surface area (TPSA) is 16.6 Å².